The molecule has 1 saturated heterocycles. The highest BCUT2D eigenvalue weighted by Crippen LogP contribution is 2.34. The molecule has 0 spiro atoms. The van der Waals surface area contributed by atoms with Gasteiger partial charge in [0.2, 0.25) is 0 Å². The molecule has 0 aliphatic carbocycles. The van der Waals surface area contributed by atoms with Crippen LogP contribution in [-0.4, -0.2) is 30.2 Å². The largest absolute Gasteiger partial charge is 0.394 e. The molecule has 3 nitrogen and oxygen atoms in total. The molecule has 0 aromatic rings. The van der Waals surface area contributed by atoms with Crippen molar-refractivity contribution in [2.45, 2.75) is 206 Å². The highest BCUT2D eigenvalue weighted by Gasteiger charge is 2.40. The van der Waals surface area contributed by atoms with Crippen molar-refractivity contribution in [3.63, 3.8) is 0 Å². The predicted molar refractivity (Wildman–Crippen MR) is 161 cm³/mol. The minimum atomic E-state index is -0.414. The summed E-state index contributed by atoms with van der Waals surface area (Å²) in [5.74, 6) is -0.414. The van der Waals surface area contributed by atoms with Crippen LogP contribution in [0.1, 0.15) is 194 Å². The fourth-order valence-corrected chi connectivity index (χ4v) is 5.92. The summed E-state index contributed by atoms with van der Waals surface area (Å²) in [5, 5.41) is 9.56. The molecule has 3 heteroatoms. The molecule has 1 aliphatic rings. The van der Waals surface area contributed by atoms with Gasteiger partial charge in [0.25, 0.3) is 0 Å². The van der Waals surface area contributed by atoms with Gasteiger partial charge in [0.05, 0.1) is 13.2 Å². The molecule has 1 atom stereocenters. The summed E-state index contributed by atoms with van der Waals surface area (Å²) in [5.41, 5.74) is 0. The summed E-state index contributed by atoms with van der Waals surface area (Å²) in [6, 6.07) is 0. The van der Waals surface area contributed by atoms with E-state index in [0.717, 1.165) is 12.8 Å². The van der Waals surface area contributed by atoms with E-state index in [1.54, 1.807) is 0 Å². The van der Waals surface area contributed by atoms with E-state index in [4.69, 9.17) is 9.47 Å². The van der Waals surface area contributed by atoms with E-state index in [-0.39, 0.29) is 12.7 Å². The maximum absolute atomic E-state index is 9.56. The van der Waals surface area contributed by atoms with Crippen molar-refractivity contribution in [1.29, 1.82) is 0 Å². The maximum Gasteiger partial charge on any atom is 0.169 e. The van der Waals surface area contributed by atoms with Gasteiger partial charge in [-0.3, -0.25) is 0 Å². The molecule has 37 heavy (non-hydrogen) atoms. The molecular formula is C34H68O3. The average Bonchev–Trinajstić information content (AvgIpc) is 3.33. The van der Waals surface area contributed by atoms with Crippen molar-refractivity contribution >= 4 is 0 Å². The van der Waals surface area contributed by atoms with Crippen LogP contribution >= 0.6 is 0 Å². The number of ether oxygens (including phenoxy) is 2. The van der Waals surface area contributed by atoms with Crippen LogP contribution in [0.15, 0.2) is 0 Å². The molecule has 1 heterocycles. The SMILES string of the molecule is CCCCCCCCCCCCCCCC1(CCCCCCCCCCCCCCC)OCC(CO)O1. The second kappa shape index (κ2) is 26.1. The number of aliphatic hydroxyl groups excluding tert-OH is 1. The smallest absolute Gasteiger partial charge is 0.169 e. The third-order valence-electron chi connectivity index (χ3n) is 8.44. The molecular weight excluding hydrogens is 456 g/mol. The molecule has 0 bridgehead atoms. The summed E-state index contributed by atoms with van der Waals surface area (Å²) in [6.45, 7) is 5.23. The first-order valence-electron chi connectivity index (χ1n) is 17.2. The average molecular weight is 525 g/mol. The van der Waals surface area contributed by atoms with Gasteiger partial charge in [0.15, 0.2) is 5.79 Å². The van der Waals surface area contributed by atoms with Gasteiger partial charge in [0.1, 0.15) is 6.10 Å². The van der Waals surface area contributed by atoms with Crippen molar-refractivity contribution in [2.24, 2.45) is 0 Å². The molecule has 222 valence electrons. The van der Waals surface area contributed by atoms with Gasteiger partial charge in [-0.15, -0.1) is 0 Å². The summed E-state index contributed by atoms with van der Waals surface area (Å²) in [6.07, 6.45) is 37.8. The van der Waals surface area contributed by atoms with E-state index in [1.807, 2.05) is 0 Å². The lowest BCUT2D eigenvalue weighted by Gasteiger charge is -2.28. The first kappa shape index (κ1) is 34.9. The van der Waals surface area contributed by atoms with E-state index in [9.17, 15) is 5.11 Å². The third-order valence-corrected chi connectivity index (χ3v) is 8.44. The van der Waals surface area contributed by atoms with E-state index >= 15 is 0 Å². The first-order valence-corrected chi connectivity index (χ1v) is 17.2. The molecule has 0 radical (unpaired) electrons. The normalized spacial score (nSPS) is 17.1. The standard InChI is InChI=1S/C34H68O3/c1-3-5-7-9-11-13-15-17-19-21-23-25-27-29-34(36-32-33(31-35)37-34)30-28-26-24-22-20-18-16-14-12-10-8-6-4-2/h33,35H,3-32H2,1-2H3. The highest BCUT2D eigenvalue weighted by atomic mass is 16.7. The Balaban J connectivity index is 2.01. The molecule has 0 saturated carbocycles. The summed E-state index contributed by atoms with van der Waals surface area (Å²) >= 11 is 0. The fraction of sp³-hybridized carbons (Fsp3) is 1.00. The van der Waals surface area contributed by atoms with Gasteiger partial charge in [-0.25, -0.2) is 0 Å². The maximum atomic E-state index is 9.56. The lowest BCUT2D eigenvalue weighted by molar-refractivity contribution is -0.182. The minimum Gasteiger partial charge on any atom is -0.394 e. The second-order valence-corrected chi connectivity index (χ2v) is 12.1. The Morgan fingerprint density at radius 3 is 1.05 bits per heavy atom. The summed E-state index contributed by atoms with van der Waals surface area (Å²) in [7, 11) is 0. The van der Waals surface area contributed by atoms with Crippen LogP contribution < -0.4 is 0 Å². The van der Waals surface area contributed by atoms with Gasteiger partial charge >= 0.3 is 0 Å². The van der Waals surface area contributed by atoms with Crippen molar-refractivity contribution < 1.29 is 14.6 Å². The van der Waals surface area contributed by atoms with Crippen molar-refractivity contribution in [2.75, 3.05) is 13.2 Å². The first-order chi connectivity index (χ1) is 18.3. The summed E-state index contributed by atoms with van der Waals surface area (Å²) < 4.78 is 12.4. The van der Waals surface area contributed by atoms with Crippen molar-refractivity contribution in [1.82, 2.24) is 0 Å². The van der Waals surface area contributed by atoms with E-state index < -0.39 is 5.79 Å². The van der Waals surface area contributed by atoms with Crippen LogP contribution in [0, 0.1) is 0 Å². The Kier molecular flexibility index (Phi) is 24.6. The van der Waals surface area contributed by atoms with E-state index in [1.165, 1.54) is 167 Å². The molecule has 1 aliphatic heterocycles. The van der Waals surface area contributed by atoms with Crippen LogP contribution in [0.5, 0.6) is 0 Å². The Morgan fingerprint density at radius 1 is 0.486 bits per heavy atom. The summed E-state index contributed by atoms with van der Waals surface area (Å²) in [4.78, 5) is 0. The van der Waals surface area contributed by atoms with Crippen LogP contribution in [0.4, 0.5) is 0 Å². The number of hydrogen-bond donors (Lipinski definition) is 1. The van der Waals surface area contributed by atoms with Crippen LogP contribution in [-0.2, 0) is 9.47 Å². The Morgan fingerprint density at radius 2 is 0.784 bits per heavy atom. The van der Waals surface area contributed by atoms with Gasteiger partial charge in [-0.1, -0.05) is 168 Å². The molecule has 1 rings (SSSR count). The molecule has 0 amide bonds. The van der Waals surface area contributed by atoms with Gasteiger partial charge in [-0.05, 0) is 12.8 Å². The van der Waals surface area contributed by atoms with Crippen LogP contribution in [0.2, 0.25) is 0 Å². The molecule has 0 aromatic heterocycles. The minimum absolute atomic E-state index is 0.0823. The van der Waals surface area contributed by atoms with Crippen LogP contribution in [0.25, 0.3) is 0 Å². The zero-order chi connectivity index (χ0) is 26.7. The number of rotatable bonds is 29. The second-order valence-electron chi connectivity index (χ2n) is 12.1. The topological polar surface area (TPSA) is 38.7 Å². The fourth-order valence-electron chi connectivity index (χ4n) is 5.92. The van der Waals surface area contributed by atoms with Gasteiger partial charge < -0.3 is 14.6 Å². The van der Waals surface area contributed by atoms with Crippen molar-refractivity contribution in [3.05, 3.63) is 0 Å². The van der Waals surface area contributed by atoms with Gasteiger partial charge in [-0.2, -0.15) is 0 Å². The third kappa shape index (κ3) is 20.4. The lowest BCUT2D eigenvalue weighted by Crippen LogP contribution is -2.31. The highest BCUT2D eigenvalue weighted by molar-refractivity contribution is 4.79. The zero-order valence-corrected chi connectivity index (χ0v) is 25.6. The Hall–Kier alpha value is -0.120. The number of hydrogen-bond acceptors (Lipinski definition) is 3. The predicted octanol–water partition coefficient (Wildman–Crippen LogP) is 11.1. The Bertz CT molecular complexity index is 422. The van der Waals surface area contributed by atoms with E-state index in [2.05, 4.69) is 13.8 Å². The quantitative estimate of drug-likeness (QED) is 0.0989. The monoisotopic (exact) mass is 525 g/mol. The molecule has 1 N–H and O–H groups in total. The molecule has 1 unspecified atom stereocenters. The van der Waals surface area contributed by atoms with Gasteiger partial charge in [0, 0.05) is 12.8 Å². The lowest BCUT2D eigenvalue weighted by atomic mass is 9.98. The zero-order valence-electron chi connectivity index (χ0n) is 25.6. The Labute approximate surface area is 233 Å². The molecule has 1 fully saturated rings. The number of aliphatic hydroxyl groups is 1. The number of unbranched alkanes of at least 4 members (excludes halogenated alkanes) is 24. The van der Waals surface area contributed by atoms with E-state index in [0.29, 0.717) is 6.61 Å². The van der Waals surface area contributed by atoms with Crippen molar-refractivity contribution in [3.8, 4) is 0 Å². The van der Waals surface area contributed by atoms with Crippen LogP contribution in [0.3, 0.4) is 0 Å². The molecule has 0 aromatic carbocycles.